The third-order valence-corrected chi connectivity index (χ3v) is 6.98. The number of halogens is 3. The Labute approximate surface area is 213 Å². The van der Waals surface area contributed by atoms with Crippen molar-refractivity contribution in [2.24, 2.45) is 5.73 Å². The lowest BCUT2D eigenvalue weighted by molar-refractivity contribution is 0.415. The Hall–Kier alpha value is -3.48. The first-order valence-electron chi connectivity index (χ1n) is 11.5. The van der Waals surface area contributed by atoms with Crippen LogP contribution in [-0.2, 0) is 13.0 Å². The lowest BCUT2D eigenvalue weighted by Crippen LogP contribution is -2.27. The van der Waals surface area contributed by atoms with E-state index in [1.54, 1.807) is 36.6 Å². The summed E-state index contributed by atoms with van der Waals surface area (Å²) < 4.78 is 36.4. The van der Waals surface area contributed by atoms with E-state index in [1.807, 2.05) is 30.3 Å². The molecule has 7 heteroatoms. The highest BCUT2D eigenvalue weighted by molar-refractivity contribution is 6.34. The lowest BCUT2D eigenvalue weighted by atomic mass is 9.93. The summed E-state index contributed by atoms with van der Waals surface area (Å²) in [5.74, 6) is -0.894. The second-order valence-corrected chi connectivity index (χ2v) is 9.06. The third kappa shape index (κ3) is 4.79. The number of benzene rings is 3. The second kappa shape index (κ2) is 10.6. The molecule has 1 heterocycles. The molecule has 4 aromatic rings. The highest BCUT2D eigenvalue weighted by atomic mass is 35.5. The van der Waals surface area contributed by atoms with Gasteiger partial charge in [-0.15, -0.1) is 0 Å². The van der Waals surface area contributed by atoms with Gasteiger partial charge in [-0.3, -0.25) is 4.79 Å². The molecule has 0 bridgehead atoms. The van der Waals surface area contributed by atoms with Crippen LogP contribution in [0.2, 0.25) is 5.02 Å². The van der Waals surface area contributed by atoms with Crippen LogP contribution in [-0.4, -0.2) is 11.7 Å². The first-order chi connectivity index (χ1) is 17.2. The van der Waals surface area contributed by atoms with Gasteiger partial charge < -0.3 is 15.0 Å². The standard InChI is InChI=1S/C29H27ClF2N2O2/c1-17-21(15-25(33)19-9-5-4-6-10-19)29(35)27(20-11-7-14-26(36-3)28(20)30)18(2)34(17)16-22-23(31)12-8-13-24(22)32/h4-14,25H,15-16,33H2,1-3H3. The maximum absolute atomic E-state index is 14.6. The van der Waals surface area contributed by atoms with Crippen molar-refractivity contribution in [2.45, 2.75) is 32.9 Å². The second-order valence-electron chi connectivity index (χ2n) is 8.68. The highest BCUT2D eigenvalue weighted by Gasteiger charge is 2.24. The van der Waals surface area contributed by atoms with Crippen molar-refractivity contribution in [3.05, 3.63) is 122 Å². The van der Waals surface area contributed by atoms with Gasteiger partial charge >= 0.3 is 0 Å². The van der Waals surface area contributed by atoms with Crippen molar-refractivity contribution < 1.29 is 13.5 Å². The fourth-order valence-electron chi connectivity index (χ4n) is 4.56. The number of aromatic nitrogens is 1. The Balaban J connectivity index is 1.96. The van der Waals surface area contributed by atoms with E-state index in [-0.39, 0.29) is 29.0 Å². The molecule has 0 saturated carbocycles. The zero-order chi connectivity index (χ0) is 26.0. The fraction of sp³-hybridized carbons (Fsp3) is 0.207. The van der Waals surface area contributed by atoms with Crippen molar-refractivity contribution in [3.63, 3.8) is 0 Å². The molecule has 3 aromatic carbocycles. The molecule has 0 fully saturated rings. The van der Waals surface area contributed by atoms with E-state index in [2.05, 4.69) is 0 Å². The van der Waals surface area contributed by atoms with Crippen LogP contribution in [0.1, 0.15) is 34.1 Å². The van der Waals surface area contributed by atoms with Gasteiger partial charge in [-0.05, 0) is 44.0 Å². The number of rotatable bonds is 7. The molecule has 0 aliphatic rings. The minimum atomic E-state index is -0.656. The molecule has 0 amide bonds. The van der Waals surface area contributed by atoms with Crippen molar-refractivity contribution in [1.82, 2.24) is 4.57 Å². The molecule has 36 heavy (non-hydrogen) atoms. The van der Waals surface area contributed by atoms with Gasteiger partial charge in [0, 0.05) is 34.1 Å². The summed E-state index contributed by atoms with van der Waals surface area (Å²) in [6.07, 6.45) is 0.239. The molecule has 0 aliphatic heterocycles. The molecule has 0 radical (unpaired) electrons. The Bertz CT molecular complexity index is 1450. The predicted octanol–water partition coefficient (Wildman–Crippen LogP) is 6.36. The number of hydrogen-bond donors (Lipinski definition) is 1. The van der Waals surface area contributed by atoms with Crippen LogP contribution in [0.15, 0.2) is 71.5 Å². The molecule has 4 rings (SSSR count). The van der Waals surface area contributed by atoms with E-state index in [0.717, 1.165) is 5.56 Å². The zero-order valence-corrected chi connectivity index (χ0v) is 21.1. The highest BCUT2D eigenvalue weighted by Crippen LogP contribution is 2.36. The van der Waals surface area contributed by atoms with Crippen LogP contribution in [0.4, 0.5) is 8.78 Å². The fourth-order valence-corrected chi connectivity index (χ4v) is 4.86. The normalized spacial score (nSPS) is 12.0. The van der Waals surface area contributed by atoms with E-state index in [1.165, 1.54) is 25.3 Å². The summed E-state index contributed by atoms with van der Waals surface area (Å²) in [4.78, 5) is 14.0. The summed E-state index contributed by atoms with van der Waals surface area (Å²) in [6, 6.07) is 18.0. The first kappa shape index (κ1) is 25.6. The van der Waals surface area contributed by atoms with Crippen LogP contribution in [0.25, 0.3) is 11.1 Å². The molecule has 1 atom stereocenters. The van der Waals surface area contributed by atoms with E-state index >= 15 is 0 Å². The van der Waals surface area contributed by atoms with Gasteiger partial charge in [-0.25, -0.2) is 8.78 Å². The molecule has 1 unspecified atom stereocenters. The average Bonchev–Trinajstić information content (AvgIpc) is 2.87. The molecule has 0 saturated heterocycles. The number of nitrogens with two attached hydrogens (primary N) is 1. The van der Waals surface area contributed by atoms with Gasteiger partial charge in [0.05, 0.1) is 24.2 Å². The molecule has 4 nitrogen and oxygen atoms in total. The van der Waals surface area contributed by atoms with Gasteiger partial charge in [0.25, 0.3) is 0 Å². The quantitative estimate of drug-likeness (QED) is 0.316. The maximum Gasteiger partial charge on any atom is 0.193 e. The third-order valence-electron chi connectivity index (χ3n) is 6.59. The van der Waals surface area contributed by atoms with Crippen LogP contribution >= 0.6 is 11.6 Å². The van der Waals surface area contributed by atoms with Crippen LogP contribution in [0.5, 0.6) is 5.75 Å². The molecule has 186 valence electrons. The van der Waals surface area contributed by atoms with Crippen molar-refractivity contribution >= 4 is 11.6 Å². The Morgan fingerprint density at radius 2 is 1.56 bits per heavy atom. The number of pyridine rings is 1. The van der Waals surface area contributed by atoms with Crippen molar-refractivity contribution in [1.29, 1.82) is 0 Å². The van der Waals surface area contributed by atoms with Gasteiger partial charge in [0.1, 0.15) is 17.4 Å². The van der Waals surface area contributed by atoms with E-state index < -0.39 is 17.7 Å². The maximum atomic E-state index is 14.6. The Morgan fingerprint density at radius 1 is 0.917 bits per heavy atom. The minimum Gasteiger partial charge on any atom is -0.495 e. The molecular weight excluding hydrogens is 482 g/mol. The number of methoxy groups -OCH3 is 1. The van der Waals surface area contributed by atoms with E-state index in [0.29, 0.717) is 33.8 Å². The lowest BCUT2D eigenvalue weighted by Gasteiger charge is -2.24. The largest absolute Gasteiger partial charge is 0.495 e. The Morgan fingerprint density at radius 3 is 2.19 bits per heavy atom. The van der Waals surface area contributed by atoms with Gasteiger partial charge in [-0.2, -0.15) is 0 Å². The smallest absolute Gasteiger partial charge is 0.193 e. The summed E-state index contributed by atoms with van der Waals surface area (Å²) in [5, 5.41) is 0.283. The molecule has 0 spiro atoms. The van der Waals surface area contributed by atoms with Crippen LogP contribution in [0, 0.1) is 25.5 Å². The van der Waals surface area contributed by atoms with Crippen LogP contribution in [0.3, 0.4) is 0 Å². The summed E-state index contributed by atoms with van der Waals surface area (Å²) in [5.41, 5.74) is 9.48. The van der Waals surface area contributed by atoms with E-state index in [9.17, 15) is 13.6 Å². The van der Waals surface area contributed by atoms with Gasteiger partial charge in [0.15, 0.2) is 5.43 Å². The average molecular weight is 509 g/mol. The monoisotopic (exact) mass is 508 g/mol. The number of nitrogens with zero attached hydrogens (tertiary/aromatic N) is 1. The topological polar surface area (TPSA) is 57.2 Å². The van der Waals surface area contributed by atoms with Crippen molar-refractivity contribution in [3.8, 4) is 16.9 Å². The number of ether oxygens (including phenoxy) is 1. The Kier molecular flexibility index (Phi) is 7.57. The summed E-state index contributed by atoms with van der Waals surface area (Å²) in [6.45, 7) is 3.43. The first-order valence-corrected chi connectivity index (χ1v) is 11.9. The molecular formula is C29H27ClF2N2O2. The molecule has 1 aromatic heterocycles. The van der Waals surface area contributed by atoms with Gasteiger partial charge in [0.2, 0.25) is 0 Å². The predicted molar refractivity (Wildman–Crippen MR) is 140 cm³/mol. The van der Waals surface area contributed by atoms with Crippen LogP contribution < -0.4 is 15.9 Å². The molecule has 0 aliphatic carbocycles. The van der Waals surface area contributed by atoms with Crippen molar-refractivity contribution in [2.75, 3.05) is 7.11 Å². The summed E-state index contributed by atoms with van der Waals surface area (Å²) >= 11 is 6.63. The summed E-state index contributed by atoms with van der Waals surface area (Å²) in [7, 11) is 1.50. The number of hydrogen-bond acceptors (Lipinski definition) is 3. The minimum absolute atomic E-state index is 0.0895. The zero-order valence-electron chi connectivity index (χ0n) is 20.3. The SMILES string of the molecule is COc1cccc(-c2c(C)n(Cc3c(F)cccc3F)c(C)c(CC(N)c3ccccc3)c2=O)c1Cl. The van der Waals surface area contributed by atoms with Gasteiger partial charge in [-0.1, -0.05) is 60.1 Å². The molecule has 2 N–H and O–H groups in total. The van der Waals surface area contributed by atoms with E-state index in [4.69, 9.17) is 22.1 Å².